The standard InChI is InChI=1S/C14H19BrN6/c1-14(17-2)7-21(8-14)13-11(16)18-4-3-9-5-10(15)6-19-12(9)20-13/h5-6,17H,3-4,7-8H2,1-2H3,(H2,16,18). The first-order valence-electron chi connectivity index (χ1n) is 6.98. The molecule has 0 atom stereocenters. The average molecular weight is 351 g/mol. The number of nitrogens with two attached hydrogens (primary N) is 1. The summed E-state index contributed by atoms with van der Waals surface area (Å²) in [6.45, 7) is 4.57. The Morgan fingerprint density at radius 3 is 2.90 bits per heavy atom. The van der Waals surface area contributed by atoms with E-state index in [4.69, 9.17) is 5.73 Å². The van der Waals surface area contributed by atoms with Gasteiger partial charge in [0, 0.05) is 30.3 Å². The van der Waals surface area contributed by atoms with Crippen molar-refractivity contribution in [3.05, 3.63) is 22.3 Å². The highest BCUT2D eigenvalue weighted by atomic mass is 79.9. The second-order valence-electron chi connectivity index (χ2n) is 5.76. The largest absolute Gasteiger partial charge is 0.381 e. The minimum Gasteiger partial charge on any atom is -0.381 e. The number of hydrogen-bond acceptors (Lipinski definition) is 6. The van der Waals surface area contributed by atoms with Crippen molar-refractivity contribution in [2.45, 2.75) is 18.9 Å². The van der Waals surface area contributed by atoms with Gasteiger partial charge < -0.3 is 16.0 Å². The van der Waals surface area contributed by atoms with E-state index in [9.17, 15) is 0 Å². The molecule has 112 valence electrons. The lowest BCUT2D eigenvalue weighted by Crippen LogP contribution is -2.69. The monoisotopic (exact) mass is 350 g/mol. The van der Waals surface area contributed by atoms with Gasteiger partial charge in [-0.2, -0.15) is 0 Å². The number of halogens is 1. The predicted molar refractivity (Wildman–Crippen MR) is 88.3 cm³/mol. The Morgan fingerprint density at radius 1 is 1.43 bits per heavy atom. The van der Waals surface area contributed by atoms with Crippen LogP contribution in [0.15, 0.2) is 26.7 Å². The quantitative estimate of drug-likeness (QED) is 0.794. The van der Waals surface area contributed by atoms with Gasteiger partial charge in [-0.3, -0.25) is 4.99 Å². The summed E-state index contributed by atoms with van der Waals surface area (Å²) >= 11 is 3.45. The highest BCUT2D eigenvalue weighted by molar-refractivity contribution is 9.10. The Balaban J connectivity index is 1.94. The molecule has 0 radical (unpaired) electrons. The number of pyridine rings is 1. The molecule has 0 saturated carbocycles. The minimum absolute atomic E-state index is 0.112. The van der Waals surface area contributed by atoms with Crippen LogP contribution < -0.4 is 11.1 Å². The van der Waals surface area contributed by atoms with Gasteiger partial charge in [0.05, 0.1) is 5.54 Å². The molecule has 3 heterocycles. The van der Waals surface area contributed by atoms with Crippen LogP contribution in [0.1, 0.15) is 12.5 Å². The smallest absolute Gasteiger partial charge is 0.173 e. The maximum absolute atomic E-state index is 6.10. The van der Waals surface area contributed by atoms with Crippen molar-refractivity contribution < 1.29 is 0 Å². The summed E-state index contributed by atoms with van der Waals surface area (Å²) in [7, 11) is 1.98. The van der Waals surface area contributed by atoms with Crippen LogP contribution in [0.4, 0.5) is 5.82 Å². The fourth-order valence-electron chi connectivity index (χ4n) is 2.62. The lowest BCUT2D eigenvalue weighted by atomic mass is 9.92. The number of nitrogens with one attached hydrogen (secondary N) is 1. The van der Waals surface area contributed by atoms with Gasteiger partial charge in [0.15, 0.2) is 17.5 Å². The zero-order valence-corrected chi connectivity index (χ0v) is 13.8. The number of aromatic nitrogens is 1. The number of amidine groups is 2. The molecule has 3 rings (SSSR count). The first kappa shape index (κ1) is 14.5. The van der Waals surface area contributed by atoms with E-state index >= 15 is 0 Å². The molecule has 0 amide bonds. The molecule has 1 saturated heterocycles. The van der Waals surface area contributed by atoms with Gasteiger partial charge in [0.2, 0.25) is 0 Å². The summed E-state index contributed by atoms with van der Waals surface area (Å²) in [4.78, 5) is 15.7. The van der Waals surface area contributed by atoms with E-state index in [2.05, 4.69) is 48.0 Å². The van der Waals surface area contributed by atoms with Gasteiger partial charge in [0.25, 0.3) is 0 Å². The Kier molecular flexibility index (Phi) is 3.71. The summed E-state index contributed by atoms with van der Waals surface area (Å²) in [5.41, 5.74) is 7.30. The lowest BCUT2D eigenvalue weighted by Gasteiger charge is -2.49. The minimum atomic E-state index is 0.112. The van der Waals surface area contributed by atoms with Gasteiger partial charge in [-0.05, 0) is 48.0 Å². The summed E-state index contributed by atoms with van der Waals surface area (Å²) in [5.74, 6) is 1.98. The van der Waals surface area contributed by atoms with E-state index in [0.29, 0.717) is 12.4 Å². The van der Waals surface area contributed by atoms with Gasteiger partial charge in [0.1, 0.15) is 0 Å². The van der Waals surface area contributed by atoms with Crippen molar-refractivity contribution in [2.24, 2.45) is 15.7 Å². The van der Waals surface area contributed by atoms with Crippen LogP contribution in [0, 0.1) is 0 Å². The Labute approximate surface area is 132 Å². The molecule has 2 aliphatic rings. The maximum atomic E-state index is 6.10. The summed E-state index contributed by atoms with van der Waals surface area (Å²) in [5, 5.41) is 3.32. The van der Waals surface area contributed by atoms with Gasteiger partial charge in [-0.15, -0.1) is 0 Å². The van der Waals surface area contributed by atoms with E-state index in [1.54, 1.807) is 6.20 Å². The molecule has 7 heteroatoms. The molecule has 1 aromatic rings. The van der Waals surface area contributed by atoms with E-state index in [1.807, 2.05) is 13.1 Å². The summed E-state index contributed by atoms with van der Waals surface area (Å²) < 4.78 is 0.960. The first-order valence-corrected chi connectivity index (χ1v) is 7.77. The second-order valence-corrected chi connectivity index (χ2v) is 6.67. The molecule has 1 aromatic heterocycles. The van der Waals surface area contributed by atoms with Crippen LogP contribution in [-0.2, 0) is 6.42 Å². The van der Waals surface area contributed by atoms with Gasteiger partial charge in [-0.1, -0.05) is 0 Å². The molecule has 1 fully saturated rings. The normalized spacial score (nSPS) is 20.6. The van der Waals surface area contributed by atoms with Crippen LogP contribution in [0.2, 0.25) is 0 Å². The maximum Gasteiger partial charge on any atom is 0.173 e. The fraction of sp³-hybridized carbons (Fsp3) is 0.500. The van der Waals surface area contributed by atoms with Crippen molar-refractivity contribution in [3.8, 4) is 0 Å². The van der Waals surface area contributed by atoms with Crippen LogP contribution in [0.5, 0.6) is 0 Å². The SMILES string of the molecule is CNC1(C)CN(C2=Nc3ncc(Br)cc3CCN=C2N)C1. The Bertz CT molecular complexity index is 618. The highest BCUT2D eigenvalue weighted by Crippen LogP contribution is 2.26. The molecular weight excluding hydrogens is 332 g/mol. The molecule has 2 aliphatic heterocycles. The van der Waals surface area contributed by atoms with Crippen LogP contribution in [0.3, 0.4) is 0 Å². The van der Waals surface area contributed by atoms with Crippen molar-refractivity contribution in [3.63, 3.8) is 0 Å². The van der Waals surface area contributed by atoms with Crippen LogP contribution in [0.25, 0.3) is 0 Å². The van der Waals surface area contributed by atoms with Crippen LogP contribution in [-0.4, -0.2) is 53.8 Å². The molecule has 0 unspecified atom stereocenters. The molecule has 0 spiro atoms. The summed E-state index contributed by atoms with van der Waals surface area (Å²) in [6.07, 6.45) is 2.57. The first-order chi connectivity index (χ1) is 10.0. The lowest BCUT2D eigenvalue weighted by molar-refractivity contribution is 0.133. The van der Waals surface area contributed by atoms with Gasteiger partial charge >= 0.3 is 0 Å². The van der Waals surface area contributed by atoms with Gasteiger partial charge in [-0.25, -0.2) is 9.98 Å². The number of fused-ring (bicyclic) bond motifs is 1. The number of likely N-dealkylation sites (N-methyl/N-ethyl adjacent to an activating group) is 1. The predicted octanol–water partition coefficient (Wildman–Crippen LogP) is 1.08. The summed E-state index contributed by atoms with van der Waals surface area (Å²) in [6, 6.07) is 2.05. The number of likely N-dealkylation sites (tertiary alicyclic amines) is 1. The molecule has 0 aliphatic carbocycles. The zero-order chi connectivity index (χ0) is 15.0. The van der Waals surface area contributed by atoms with Crippen molar-refractivity contribution in [2.75, 3.05) is 26.7 Å². The molecule has 21 heavy (non-hydrogen) atoms. The third-order valence-electron chi connectivity index (χ3n) is 4.00. The van der Waals surface area contributed by atoms with Crippen molar-refractivity contribution >= 4 is 33.4 Å². The molecule has 0 bridgehead atoms. The molecule has 0 aromatic carbocycles. The Hall–Kier alpha value is -1.47. The van der Waals surface area contributed by atoms with Crippen molar-refractivity contribution in [1.82, 2.24) is 15.2 Å². The van der Waals surface area contributed by atoms with E-state index < -0.39 is 0 Å². The highest BCUT2D eigenvalue weighted by Gasteiger charge is 2.40. The molecular formula is C14H19BrN6. The third-order valence-corrected chi connectivity index (χ3v) is 4.43. The number of nitrogens with zero attached hydrogens (tertiary/aromatic N) is 4. The van der Waals surface area contributed by atoms with Crippen molar-refractivity contribution in [1.29, 1.82) is 0 Å². The second kappa shape index (κ2) is 5.38. The fourth-order valence-corrected chi connectivity index (χ4v) is 3.00. The van der Waals surface area contributed by atoms with E-state index in [-0.39, 0.29) is 5.54 Å². The molecule has 6 nitrogen and oxygen atoms in total. The molecule has 3 N–H and O–H groups in total. The van der Waals surface area contributed by atoms with E-state index in [1.165, 1.54) is 0 Å². The average Bonchev–Trinajstić information content (AvgIpc) is 2.41. The zero-order valence-electron chi connectivity index (χ0n) is 12.2. The van der Waals surface area contributed by atoms with E-state index in [0.717, 1.165) is 41.2 Å². The number of hydrogen-bond donors (Lipinski definition) is 2. The third kappa shape index (κ3) is 2.80. The number of rotatable bonds is 1. The topological polar surface area (TPSA) is 78.9 Å². The number of aliphatic imine (C=N–C) groups is 2. The Morgan fingerprint density at radius 2 is 2.19 bits per heavy atom. The van der Waals surface area contributed by atoms with Crippen LogP contribution >= 0.6 is 15.9 Å².